The molecule has 2 bridgehead atoms. The summed E-state index contributed by atoms with van der Waals surface area (Å²) in [5.41, 5.74) is 4.25. The molecular formula is C30H30FN7O. The van der Waals surface area contributed by atoms with Gasteiger partial charge in [-0.05, 0) is 68.2 Å². The molecule has 0 radical (unpaired) electrons. The second-order valence-corrected chi connectivity index (χ2v) is 10.6. The van der Waals surface area contributed by atoms with Crippen LogP contribution in [-0.4, -0.2) is 57.1 Å². The first-order valence-corrected chi connectivity index (χ1v) is 13.6. The van der Waals surface area contributed by atoms with E-state index in [2.05, 4.69) is 30.5 Å². The van der Waals surface area contributed by atoms with Gasteiger partial charge in [-0.2, -0.15) is 0 Å². The van der Waals surface area contributed by atoms with Crippen LogP contribution >= 0.6 is 0 Å². The second kappa shape index (κ2) is 9.81. The minimum absolute atomic E-state index is 0.180. The summed E-state index contributed by atoms with van der Waals surface area (Å²) in [5, 5.41) is 7.51. The van der Waals surface area contributed by atoms with Crippen LogP contribution in [0.1, 0.15) is 18.5 Å². The summed E-state index contributed by atoms with van der Waals surface area (Å²) in [6.07, 6.45) is 4.65. The van der Waals surface area contributed by atoms with Gasteiger partial charge in [-0.1, -0.05) is 18.2 Å². The Morgan fingerprint density at radius 3 is 2.64 bits per heavy atom. The second-order valence-electron chi connectivity index (χ2n) is 10.6. The Morgan fingerprint density at radius 2 is 1.87 bits per heavy atom. The fourth-order valence-electron chi connectivity index (χ4n) is 6.08. The summed E-state index contributed by atoms with van der Waals surface area (Å²) >= 11 is 0. The number of nitrogens with zero attached hydrogens (tertiary/aromatic N) is 3. The van der Waals surface area contributed by atoms with E-state index in [1.165, 1.54) is 6.07 Å². The van der Waals surface area contributed by atoms with Gasteiger partial charge in [0.15, 0.2) is 0 Å². The number of pyridine rings is 2. The number of benzene rings is 2. The van der Waals surface area contributed by atoms with Crippen molar-refractivity contribution < 1.29 is 4.39 Å². The summed E-state index contributed by atoms with van der Waals surface area (Å²) in [6.45, 7) is 3.65. The van der Waals surface area contributed by atoms with Gasteiger partial charge in [0.2, 0.25) is 0 Å². The van der Waals surface area contributed by atoms with Crippen LogP contribution < -0.4 is 16.2 Å². The molecule has 3 aliphatic heterocycles. The topological polar surface area (TPSA) is 102 Å². The van der Waals surface area contributed by atoms with E-state index in [-0.39, 0.29) is 17.4 Å². The Labute approximate surface area is 224 Å². The van der Waals surface area contributed by atoms with Crippen LogP contribution in [0.25, 0.3) is 33.3 Å². The molecule has 0 saturated carbocycles. The number of H-pyrrole nitrogens is 2. The maximum Gasteiger partial charge on any atom is 0.261 e. The lowest BCUT2D eigenvalue weighted by Crippen LogP contribution is -2.53. The van der Waals surface area contributed by atoms with Crippen molar-refractivity contribution in [1.82, 2.24) is 24.8 Å². The van der Waals surface area contributed by atoms with Gasteiger partial charge in [-0.3, -0.25) is 9.78 Å². The van der Waals surface area contributed by atoms with Crippen molar-refractivity contribution in [2.24, 2.45) is 5.92 Å². The number of rotatable bonds is 7. The maximum atomic E-state index is 15.5. The molecule has 6 heterocycles. The first kappa shape index (κ1) is 23.8. The van der Waals surface area contributed by atoms with Crippen molar-refractivity contribution in [2.45, 2.75) is 25.3 Å². The minimum atomic E-state index is -0.372. The molecule has 3 saturated heterocycles. The van der Waals surface area contributed by atoms with Gasteiger partial charge >= 0.3 is 0 Å². The van der Waals surface area contributed by atoms with E-state index in [1.807, 2.05) is 42.5 Å². The molecule has 3 aromatic heterocycles. The third kappa shape index (κ3) is 4.52. The van der Waals surface area contributed by atoms with Gasteiger partial charge in [-0.15, -0.1) is 0 Å². The zero-order chi connectivity index (χ0) is 26.3. The minimum Gasteiger partial charge on any atom is -0.382 e. The third-order valence-electron chi connectivity index (χ3n) is 8.14. The predicted octanol–water partition coefficient (Wildman–Crippen LogP) is 4.77. The number of anilines is 2. The third-order valence-corrected chi connectivity index (χ3v) is 8.14. The highest BCUT2D eigenvalue weighted by molar-refractivity contribution is 6.00. The van der Waals surface area contributed by atoms with E-state index in [0.717, 1.165) is 49.2 Å². The Balaban J connectivity index is 1.30. The Morgan fingerprint density at radius 1 is 1.03 bits per heavy atom. The van der Waals surface area contributed by atoms with E-state index in [1.54, 1.807) is 12.3 Å². The molecule has 2 aromatic carbocycles. The largest absolute Gasteiger partial charge is 0.382 e. The van der Waals surface area contributed by atoms with E-state index >= 15 is 4.39 Å². The molecular weight excluding hydrogens is 493 g/mol. The molecule has 0 spiro atoms. The van der Waals surface area contributed by atoms with Crippen LogP contribution in [0.15, 0.2) is 65.6 Å². The molecule has 3 aliphatic rings. The summed E-state index contributed by atoms with van der Waals surface area (Å²) in [5.74, 6) is 0.620. The van der Waals surface area contributed by atoms with Crippen molar-refractivity contribution in [2.75, 3.05) is 36.8 Å². The molecule has 0 unspecified atom stereocenters. The zero-order valence-corrected chi connectivity index (χ0v) is 21.5. The van der Waals surface area contributed by atoms with Crippen LogP contribution in [0.5, 0.6) is 0 Å². The number of aromatic amines is 2. The molecule has 8 rings (SSSR count). The van der Waals surface area contributed by atoms with Crippen molar-refractivity contribution in [3.63, 3.8) is 0 Å². The normalized spacial score (nSPS) is 20.5. The standard InChI is InChI=1S/C30H30FN7O/c31-21-15-20-24(16-25(21)33-12-8-19-5-3-4-11-32-19)37-30(39)27(29-35-22-6-1-2-7-23(22)36-29)28(20)34-26-17-38-13-9-18(26)10-14-38/h1-7,11,15-16,18,26,33H,8-10,12-14,17H2,(H,35,36)(H2,34,37,39)/t26-/m0/s1. The fraction of sp³-hybridized carbons (Fsp3) is 0.300. The van der Waals surface area contributed by atoms with Crippen LogP contribution in [-0.2, 0) is 6.42 Å². The van der Waals surface area contributed by atoms with Crippen LogP contribution in [0.3, 0.4) is 0 Å². The van der Waals surface area contributed by atoms with E-state index in [9.17, 15) is 4.79 Å². The van der Waals surface area contributed by atoms with Crippen molar-refractivity contribution >= 4 is 33.3 Å². The summed E-state index contributed by atoms with van der Waals surface area (Å²) in [4.78, 5) is 31.5. The molecule has 8 nitrogen and oxygen atoms in total. The lowest BCUT2D eigenvalue weighted by Gasteiger charge is -2.45. The smallest absolute Gasteiger partial charge is 0.261 e. The van der Waals surface area contributed by atoms with Crippen LogP contribution in [0, 0.1) is 11.7 Å². The highest BCUT2D eigenvalue weighted by Gasteiger charge is 2.35. The van der Waals surface area contributed by atoms with Crippen LogP contribution in [0.4, 0.5) is 15.8 Å². The Bertz CT molecular complexity index is 1670. The quantitative estimate of drug-likeness (QED) is 0.245. The maximum absolute atomic E-state index is 15.5. The molecule has 39 heavy (non-hydrogen) atoms. The number of imidazole rings is 1. The first-order valence-electron chi connectivity index (χ1n) is 13.6. The highest BCUT2D eigenvalue weighted by atomic mass is 19.1. The van der Waals surface area contributed by atoms with Crippen LogP contribution in [0.2, 0.25) is 0 Å². The zero-order valence-electron chi connectivity index (χ0n) is 21.5. The summed E-state index contributed by atoms with van der Waals surface area (Å²) in [6, 6.07) is 16.8. The molecule has 3 fully saturated rings. The first-order chi connectivity index (χ1) is 19.1. The van der Waals surface area contributed by atoms with Gasteiger partial charge < -0.3 is 25.5 Å². The number of fused-ring (bicyclic) bond motifs is 5. The number of nitrogens with one attached hydrogen (secondary N) is 4. The number of piperidine rings is 3. The number of hydrogen-bond acceptors (Lipinski definition) is 6. The average molecular weight is 524 g/mol. The van der Waals surface area contributed by atoms with Gasteiger partial charge in [-0.25, -0.2) is 9.37 Å². The van der Waals surface area contributed by atoms with E-state index < -0.39 is 0 Å². The molecule has 5 aromatic rings. The molecule has 0 amide bonds. The summed E-state index contributed by atoms with van der Waals surface area (Å²) in [7, 11) is 0. The number of para-hydroxylation sites is 2. The average Bonchev–Trinajstić information content (AvgIpc) is 3.39. The van der Waals surface area contributed by atoms with Crippen molar-refractivity contribution in [3.05, 3.63) is 82.7 Å². The predicted molar refractivity (Wildman–Crippen MR) is 153 cm³/mol. The number of halogens is 1. The lowest BCUT2D eigenvalue weighted by molar-refractivity contribution is 0.0976. The van der Waals surface area contributed by atoms with Gasteiger partial charge in [0.05, 0.1) is 27.9 Å². The van der Waals surface area contributed by atoms with Crippen molar-refractivity contribution in [3.8, 4) is 11.4 Å². The van der Waals surface area contributed by atoms with Gasteiger partial charge in [0.25, 0.3) is 5.56 Å². The monoisotopic (exact) mass is 523 g/mol. The Hall–Kier alpha value is -4.24. The SMILES string of the molecule is O=c1[nH]c2cc(NCCc3ccccn3)c(F)cc2c(N[C@H]2CN3CCC2CC3)c1-c1nc2ccccc2[nH]1. The van der Waals surface area contributed by atoms with E-state index in [4.69, 9.17) is 4.98 Å². The number of aromatic nitrogens is 4. The molecule has 1 atom stereocenters. The van der Waals surface area contributed by atoms with Gasteiger partial charge in [0.1, 0.15) is 17.2 Å². The molecule has 198 valence electrons. The molecule has 0 aliphatic carbocycles. The fourth-order valence-corrected chi connectivity index (χ4v) is 6.08. The molecule has 9 heteroatoms. The lowest BCUT2D eigenvalue weighted by atomic mass is 9.83. The number of hydrogen-bond donors (Lipinski definition) is 4. The summed E-state index contributed by atoms with van der Waals surface area (Å²) < 4.78 is 15.5. The van der Waals surface area contributed by atoms with E-state index in [0.29, 0.717) is 52.5 Å². The van der Waals surface area contributed by atoms with Gasteiger partial charge in [0, 0.05) is 42.8 Å². The van der Waals surface area contributed by atoms with Crippen molar-refractivity contribution in [1.29, 1.82) is 0 Å². The highest BCUT2D eigenvalue weighted by Crippen LogP contribution is 2.37. The Kier molecular flexibility index (Phi) is 6.00. The molecule has 4 N–H and O–H groups in total.